The Morgan fingerprint density at radius 3 is 2.50 bits per heavy atom. The third-order valence-electron chi connectivity index (χ3n) is 2.61. The number of carbonyl (C=O) groups is 2. The number of hydrogen-bond acceptors (Lipinski definition) is 3. The Morgan fingerprint density at radius 1 is 1.36 bits per heavy atom. The first kappa shape index (κ1) is 10.8. The molecule has 14 heavy (non-hydrogen) atoms. The van der Waals surface area contributed by atoms with Crippen LogP contribution in [-0.4, -0.2) is 19.4 Å². The van der Waals surface area contributed by atoms with Gasteiger partial charge < -0.3 is 4.74 Å². The Morgan fingerprint density at radius 2 is 2.00 bits per heavy atom. The van der Waals surface area contributed by atoms with Gasteiger partial charge in [-0.3, -0.25) is 9.59 Å². The second kappa shape index (κ2) is 5.43. The van der Waals surface area contributed by atoms with Gasteiger partial charge in [0.15, 0.2) is 6.29 Å². The molecule has 3 heteroatoms. The van der Waals surface area contributed by atoms with Crippen LogP contribution < -0.4 is 0 Å². The van der Waals surface area contributed by atoms with Gasteiger partial charge in [-0.2, -0.15) is 0 Å². The van der Waals surface area contributed by atoms with E-state index in [-0.39, 0.29) is 17.8 Å². The minimum absolute atomic E-state index is 0.0364. The van der Waals surface area contributed by atoms with Gasteiger partial charge in [0, 0.05) is 5.92 Å². The number of carbonyl (C=O) groups excluding carboxylic acids is 2. The summed E-state index contributed by atoms with van der Waals surface area (Å²) in [4.78, 5) is 21.2. The van der Waals surface area contributed by atoms with Crippen molar-refractivity contribution in [1.29, 1.82) is 0 Å². The van der Waals surface area contributed by atoms with Gasteiger partial charge in [-0.15, -0.1) is 0 Å². The maximum absolute atomic E-state index is 11.2. The Balaban J connectivity index is 2.38. The average molecular weight is 194 g/mol. The fourth-order valence-corrected chi connectivity index (χ4v) is 1.79. The van der Waals surface area contributed by atoms with Crippen LogP contribution in [0.3, 0.4) is 0 Å². The molecule has 0 unspecified atom stereocenters. The third kappa shape index (κ3) is 2.88. The van der Waals surface area contributed by atoms with E-state index in [4.69, 9.17) is 0 Å². The van der Waals surface area contributed by atoms with Crippen molar-refractivity contribution in [1.82, 2.24) is 0 Å². The number of aldehydes is 1. The molecule has 0 aromatic heterocycles. The van der Waals surface area contributed by atoms with Gasteiger partial charge in [0.05, 0.1) is 13.0 Å². The molecule has 0 heterocycles. The van der Waals surface area contributed by atoms with Gasteiger partial charge in [-0.25, -0.2) is 0 Å². The molecule has 0 radical (unpaired) electrons. The molecular weight excluding hydrogens is 180 g/mol. The van der Waals surface area contributed by atoms with Crippen LogP contribution in [-0.2, 0) is 14.3 Å². The molecule has 0 atom stereocenters. The average Bonchev–Trinajstić information content (AvgIpc) is 2.26. The topological polar surface area (TPSA) is 43.4 Å². The lowest BCUT2D eigenvalue weighted by molar-refractivity contribution is -0.146. The zero-order valence-electron chi connectivity index (χ0n) is 8.29. The molecule has 1 aliphatic rings. The van der Waals surface area contributed by atoms with Crippen molar-refractivity contribution < 1.29 is 14.3 Å². The van der Waals surface area contributed by atoms with Gasteiger partial charge in [0.2, 0.25) is 0 Å². The van der Waals surface area contributed by atoms with E-state index < -0.39 is 0 Å². The molecule has 0 aromatic rings. The summed E-state index contributed by atoms with van der Waals surface area (Å²) >= 11 is 0. The van der Waals surface area contributed by atoms with E-state index in [0.29, 0.717) is 6.29 Å². The van der Waals surface area contributed by atoms with Crippen molar-refractivity contribution in [3.05, 3.63) is 0 Å². The van der Waals surface area contributed by atoms with Crippen LogP contribution in [0.2, 0.25) is 0 Å². The highest BCUT2D eigenvalue weighted by molar-refractivity contribution is 5.73. The predicted octanol–water partition coefficient (Wildman–Crippen LogP) is 1.17. The zero-order chi connectivity index (χ0) is 10.4. The molecule has 0 aromatic carbocycles. The van der Waals surface area contributed by atoms with E-state index in [0.717, 1.165) is 25.7 Å². The van der Waals surface area contributed by atoms with Crippen molar-refractivity contribution in [2.24, 2.45) is 11.8 Å². The highest BCUT2D eigenvalue weighted by Crippen LogP contribution is 2.28. The van der Waals surface area contributed by atoms with Crippen molar-refractivity contribution in [2.45, 2.75) is 25.7 Å². The zero-order valence-corrected chi connectivity index (χ0v) is 8.29. The van der Waals surface area contributed by atoms with E-state index in [1.54, 1.807) is 0 Å². The smallest absolute Gasteiger partial charge is 0.308 e. The molecule has 3 nitrogen and oxygen atoms in total. The van der Waals surface area contributed by atoms with Crippen LogP contribution in [0.25, 0.3) is 0 Å². The standard InChI is InChI=1S/C11H14O3/c1-14-11(13)10-6-4-9(5-7-10)3-2-8-12/h8-10H,4-7H2,1H3. The summed E-state index contributed by atoms with van der Waals surface area (Å²) in [5.74, 6) is 5.50. The monoisotopic (exact) mass is 194 g/mol. The first-order valence-corrected chi connectivity index (χ1v) is 4.80. The SMILES string of the molecule is COC(=O)C1CCC(C#CC=O)CC1. The van der Waals surface area contributed by atoms with Crippen LogP contribution >= 0.6 is 0 Å². The minimum Gasteiger partial charge on any atom is -0.469 e. The van der Waals surface area contributed by atoms with Gasteiger partial charge in [0.25, 0.3) is 0 Å². The molecule has 0 spiro atoms. The molecule has 0 N–H and O–H groups in total. The fourth-order valence-electron chi connectivity index (χ4n) is 1.79. The summed E-state index contributed by atoms with van der Waals surface area (Å²) in [6, 6.07) is 0. The Labute approximate surface area is 83.8 Å². The molecule has 1 saturated carbocycles. The molecule has 1 fully saturated rings. The second-order valence-electron chi connectivity index (χ2n) is 3.48. The summed E-state index contributed by atoms with van der Waals surface area (Å²) in [5, 5.41) is 0. The first-order chi connectivity index (χ1) is 6.77. The van der Waals surface area contributed by atoms with Gasteiger partial charge >= 0.3 is 5.97 Å². The number of esters is 1. The minimum atomic E-state index is -0.119. The lowest BCUT2D eigenvalue weighted by atomic mass is 9.82. The van der Waals surface area contributed by atoms with E-state index in [2.05, 4.69) is 16.6 Å². The Kier molecular flexibility index (Phi) is 4.18. The van der Waals surface area contributed by atoms with Gasteiger partial charge in [-0.1, -0.05) is 5.92 Å². The lowest BCUT2D eigenvalue weighted by Gasteiger charge is -2.23. The predicted molar refractivity (Wildman–Crippen MR) is 51.3 cm³/mol. The fraction of sp³-hybridized carbons (Fsp3) is 0.636. The number of ether oxygens (including phenoxy) is 1. The first-order valence-electron chi connectivity index (χ1n) is 4.80. The van der Waals surface area contributed by atoms with E-state index in [1.165, 1.54) is 7.11 Å². The summed E-state index contributed by atoms with van der Waals surface area (Å²) in [6.07, 6.45) is 4.05. The normalized spacial score (nSPS) is 25.8. The lowest BCUT2D eigenvalue weighted by Crippen LogP contribution is -2.22. The van der Waals surface area contributed by atoms with Crippen molar-refractivity contribution in [3.8, 4) is 11.8 Å². The van der Waals surface area contributed by atoms with Gasteiger partial charge in [-0.05, 0) is 31.6 Å². The van der Waals surface area contributed by atoms with E-state index in [1.807, 2.05) is 0 Å². The number of methoxy groups -OCH3 is 1. The second-order valence-corrected chi connectivity index (χ2v) is 3.48. The molecule has 0 amide bonds. The highest BCUT2D eigenvalue weighted by Gasteiger charge is 2.25. The van der Waals surface area contributed by atoms with Crippen molar-refractivity contribution in [3.63, 3.8) is 0 Å². The van der Waals surface area contributed by atoms with Gasteiger partial charge in [0.1, 0.15) is 0 Å². The summed E-state index contributed by atoms with van der Waals surface area (Å²) in [6.45, 7) is 0. The van der Waals surface area contributed by atoms with Crippen LogP contribution in [0.4, 0.5) is 0 Å². The highest BCUT2D eigenvalue weighted by atomic mass is 16.5. The summed E-state index contributed by atoms with van der Waals surface area (Å²) in [5.41, 5.74) is 0. The number of hydrogen-bond donors (Lipinski definition) is 0. The maximum Gasteiger partial charge on any atom is 0.308 e. The van der Waals surface area contributed by atoms with E-state index in [9.17, 15) is 9.59 Å². The van der Waals surface area contributed by atoms with Crippen LogP contribution in [0.5, 0.6) is 0 Å². The molecule has 0 saturated heterocycles. The molecule has 0 bridgehead atoms. The Bertz CT molecular complexity index is 264. The van der Waals surface area contributed by atoms with Crippen molar-refractivity contribution in [2.75, 3.05) is 7.11 Å². The van der Waals surface area contributed by atoms with Crippen LogP contribution in [0.15, 0.2) is 0 Å². The molecule has 1 aliphatic carbocycles. The quantitative estimate of drug-likeness (QED) is 0.357. The van der Waals surface area contributed by atoms with Crippen LogP contribution in [0, 0.1) is 23.7 Å². The molecule has 1 rings (SSSR count). The molecule has 0 aliphatic heterocycles. The maximum atomic E-state index is 11.2. The third-order valence-corrected chi connectivity index (χ3v) is 2.61. The summed E-state index contributed by atoms with van der Waals surface area (Å²) in [7, 11) is 1.42. The Hall–Kier alpha value is -1.30. The molecular formula is C11H14O3. The van der Waals surface area contributed by atoms with Crippen LogP contribution in [0.1, 0.15) is 25.7 Å². The summed E-state index contributed by atoms with van der Waals surface area (Å²) < 4.78 is 4.67. The van der Waals surface area contributed by atoms with E-state index >= 15 is 0 Å². The largest absolute Gasteiger partial charge is 0.469 e. The molecule has 76 valence electrons. The van der Waals surface area contributed by atoms with Crippen molar-refractivity contribution >= 4 is 12.3 Å². The number of rotatable bonds is 1.